The van der Waals surface area contributed by atoms with E-state index in [1.54, 1.807) is 60.5 Å². The first-order valence-corrected chi connectivity index (χ1v) is 11.3. The smallest absolute Gasteiger partial charge is 0.411 e. The van der Waals surface area contributed by atoms with Gasteiger partial charge in [-0.3, -0.25) is 14.5 Å². The largest absolute Gasteiger partial charge is 0.444 e. The number of alkyl halides is 2. The number of likely N-dealkylation sites (N-methyl/N-ethyl adjacent to an activating group) is 1. The molecule has 0 bridgehead atoms. The number of hydrogen-bond acceptors (Lipinski definition) is 4. The summed E-state index contributed by atoms with van der Waals surface area (Å²) in [5, 5.41) is 0. The second kappa shape index (κ2) is 9.14. The van der Waals surface area contributed by atoms with Gasteiger partial charge in [0.25, 0.3) is 0 Å². The maximum atomic E-state index is 13.8. The number of halogens is 2. The molecule has 3 amide bonds. The highest BCUT2D eigenvalue weighted by molar-refractivity contribution is 5.87. The molecule has 0 aromatic heterocycles. The molecule has 1 aliphatic heterocycles. The lowest BCUT2D eigenvalue weighted by molar-refractivity contribution is -0.148. The average molecular weight is 460 g/mol. The van der Waals surface area contributed by atoms with Gasteiger partial charge >= 0.3 is 6.09 Å². The maximum absolute atomic E-state index is 13.8. The highest BCUT2D eigenvalue weighted by atomic mass is 19.3. The van der Waals surface area contributed by atoms with Crippen molar-refractivity contribution in [2.75, 3.05) is 20.6 Å². The fraction of sp³-hybridized carbons (Fsp3) is 0.870. The van der Waals surface area contributed by atoms with Gasteiger partial charge in [-0.2, -0.15) is 0 Å². The minimum atomic E-state index is -2.71. The SMILES string of the molecule is CN(C)C(=O)[C@@H]1C[C@H](N(C(=O)C(C)(C)C)C2CCC(F)(F)CC2)CN1C(=O)OC(C)(C)C. The summed E-state index contributed by atoms with van der Waals surface area (Å²) in [6, 6.07) is -1.56. The van der Waals surface area contributed by atoms with E-state index in [1.807, 2.05) is 0 Å². The minimum Gasteiger partial charge on any atom is -0.444 e. The summed E-state index contributed by atoms with van der Waals surface area (Å²) in [5.41, 5.74) is -1.46. The Morgan fingerprint density at radius 3 is 1.94 bits per heavy atom. The van der Waals surface area contributed by atoms with E-state index in [9.17, 15) is 23.2 Å². The van der Waals surface area contributed by atoms with E-state index in [0.717, 1.165) is 0 Å². The highest BCUT2D eigenvalue weighted by Gasteiger charge is 2.49. The standard InChI is InChI=1S/C23H39F2N3O4/c1-21(2,3)19(30)28(15-9-11-23(24,25)12-10-15)16-13-17(18(29)26(7)8)27(14-16)20(31)32-22(4,5)6/h15-17H,9-14H2,1-8H3/t16-,17-/m0/s1. The highest BCUT2D eigenvalue weighted by Crippen LogP contribution is 2.39. The lowest BCUT2D eigenvalue weighted by Gasteiger charge is -2.43. The number of rotatable bonds is 3. The molecule has 7 nitrogen and oxygen atoms in total. The van der Waals surface area contributed by atoms with Crippen molar-refractivity contribution in [1.29, 1.82) is 0 Å². The van der Waals surface area contributed by atoms with Gasteiger partial charge in [-0.05, 0) is 40.0 Å². The molecule has 184 valence electrons. The van der Waals surface area contributed by atoms with Crippen LogP contribution in [0.3, 0.4) is 0 Å². The summed E-state index contributed by atoms with van der Waals surface area (Å²) in [6.45, 7) is 10.8. The molecule has 0 aromatic rings. The van der Waals surface area contributed by atoms with Gasteiger partial charge in [0, 0.05) is 44.9 Å². The van der Waals surface area contributed by atoms with Crippen LogP contribution in [0.25, 0.3) is 0 Å². The van der Waals surface area contributed by atoms with Gasteiger partial charge in [-0.25, -0.2) is 13.6 Å². The Morgan fingerprint density at radius 1 is 0.969 bits per heavy atom. The van der Waals surface area contributed by atoms with Gasteiger partial charge in [0.2, 0.25) is 17.7 Å². The van der Waals surface area contributed by atoms with Gasteiger partial charge in [0.1, 0.15) is 11.6 Å². The quantitative estimate of drug-likeness (QED) is 0.642. The van der Waals surface area contributed by atoms with E-state index in [0.29, 0.717) is 0 Å². The summed E-state index contributed by atoms with van der Waals surface area (Å²) in [7, 11) is 3.23. The fourth-order valence-electron chi connectivity index (χ4n) is 4.39. The van der Waals surface area contributed by atoms with E-state index in [2.05, 4.69) is 0 Å². The number of nitrogens with zero attached hydrogens (tertiary/aromatic N) is 3. The molecule has 1 aliphatic carbocycles. The number of amides is 3. The van der Waals surface area contributed by atoms with Crippen molar-refractivity contribution >= 4 is 17.9 Å². The Kier molecular flexibility index (Phi) is 7.52. The maximum Gasteiger partial charge on any atom is 0.411 e. The molecular formula is C23H39F2N3O4. The van der Waals surface area contributed by atoms with Crippen LogP contribution < -0.4 is 0 Å². The zero-order valence-electron chi connectivity index (χ0n) is 20.7. The number of carbonyl (C=O) groups excluding carboxylic acids is 3. The van der Waals surface area contributed by atoms with Crippen molar-refractivity contribution < 1.29 is 27.9 Å². The first kappa shape index (κ1) is 26.3. The van der Waals surface area contributed by atoms with Crippen LogP contribution in [-0.4, -0.2) is 82.9 Å². The third-order valence-electron chi connectivity index (χ3n) is 5.98. The van der Waals surface area contributed by atoms with Gasteiger partial charge in [-0.15, -0.1) is 0 Å². The summed E-state index contributed by atoms with van der Waals surface area (Å²) < 4.78 is 33.1. The first-order valence-electron chi connectivity index (χ1n) is 11.3. The average Bonchev–Trinajstić information content (AvgIpc) is 3.05. The Balaban J connectivity index is 2.37. The number of likely N-dealkylation sites (tertiary alicyclic amines) is 1. The van der Waals surface area contributed by atoms with E-state index >= 15 is 0 Å². The van der Waals surface area contributed by atoms with Gasteiger partial charge in [-0.1, -0.05) is 20.8 Å². The number of carbonyl (C=O) groups is 3. The van der Waals surface area contributed by atoms with Gasteiger partial charge in [0.05, 0.1) is 6.04 Å². The predicted octanol–water partition coefficient (Wildman–Crippen LogP) is 3.91. The molecule has 2 rings (SSSR count). The minimum absolute atomic E-state index is 0.133. The topological polar surface area (TPSA) is 70.2 Å². The predicted molar refractivity (Wildman–Crippen MR) is 117 cm³/mol. The second-order valence-corrected chi connectivity index (χ2v) is 11.3. The van der Waals surface area contributed by atoms with Crippen LogP contribution in [0.1, 0.15) is 73.6 Å². The van der Waals surface area contributed by atoms with Crippen molar-refractivity contribution in [2.24, 2.45) is 5.41 Å². The molecule has 0 unspecified atom stereocenters. The lowest BCUT2D eigenvalue weighted by Crippen LogP contribution is -2.54. The van der Waals surface area contributed by atoms with E-state index < -0.39 is 35.1 Å². The van der Waals surface area contributed by atoms with Crippen LogP contribution in [0.15, 0.2) is 0 Å². The molecule has 0 radical (unpaired) electrons. The summed E-state index contributed by atoms with van der Waals surface area (Å²) >= 11 is 0. The lowest BCUT2D eigenvalue weighted by atomic mass is 9.86. The Labute approximate surface area is 190 Å². The molecule has 0 spiro atoms. The van der Waals surface area contributed by atoms with Crippen molar-refractivity contribution in [3.05, 3.63) is 0 Å². The molecule has 0 N–H and O–H groups in total. The Hall–Kier alpha value is -1.93. The molecule has 9 heteroatoms. The molecule has 2 aliphatic rings. The Bertz CT molecular complexity index is 718. The van der Waals surface area contributed by atoms with Gasteiger partial charge < -0.3 is 14.5 Å². The molecule has 32 heavy (non-hydrogen) atoms. The molecule has 2 atom stereocenters. The van der Waals surface area contributed by atoms with Crippen molar-refractivity contribution in [3.8, 4) is 0 Å². The summed E-state index contributed by atoms with van der Waals surface area (Å²) in [4.78, 5) is 43.8. The van der Waals surface area contributed by atoms with E-state index in [-0.39, 0.29) is 56.5 Å². The normalized spacial score (nSPS) is 24.2. The zero-order chi connectivity index (χ0) is 24.6. The second-order valence-electron chi connectivity index (χ2n) is 11.3. The third-order valence-corrected chi connectivity index (χ3v) is 5.98. The molecule has 1 saturated heterocycles. The van der Waals surface area contributed by atoms with Gasteiger partial charge in [0.15, 0.2) is 0 Å². The van der Waals surface area contributed by atoms with Crippen LogP contribution >= 0.6 is 0 Å². The molecular weight excluding hydrogens is 420 g/mol. The van der Waals surface area contributed by atoms with Crippen LogP contribution in [0.5, 0.6) is 0 Å². The molecule has 1 saturated carbocycles. The molecule has 1 heterocycles. The first-order chi connectivity index (χ1) is 14.4. The van der Waals surface area contributed by atoms with E-state index in [4.69, 9.17) is 4.74 Å². The van der Waals surface area contributed by atoms with Crippen LogP contribution in [0.2, 0.25) is 0 Å². The monoisotopic (exact) mass is 459 g/mol. The summed E-state index contributed by atoms with van der Waals surface area (Å²) in [5.74, 6) is -3.12. The van der Waals surface area contributed by atoms with E-state index in [1.165, 1.54) is 9.80 Å². The number of hydrogen-bond donors (Lipinski definition) is 0. The van der Waals surface area contributed by atoms with Crippen molar-refractivity contribution in [1.82, 2.24) is 14.7 Å². The zero-order valence-corrected chi connectivity index (χ0v) is 20.7. The van der Waals surface area contributed by atoms with Crippen molar-refractivity contribution in [3.63, 3.8) is 0 Å². The fourth-order valence-corrected chi connectivity index (χ4v) is 4.39. The van der Waals surface area contributed by atoms with Crippen LogP contribution in [0, 0.1) is 5.41 Å². The number of ether oxygens (including phenoxy) is 1. The molecule has 0 aromatic carbocycles. The van der Waals surface area contributed by atoms with Crippen LogP contribution in [0.4, 0.5) is 13.6 Å². The third kappa shape index (κ3) is 6.32. The Morgan fingerprint density at radius 2 is 1.50 bits per heavy atom. The van der Waals surface area contributed by atoms with Crippen LogP contribution in [-0.2, 0) is 14.3 Å². The molecule has 2 fully saturated rings. The summed E-state index contributed by atoms with van der Waals surface area (Å²) in [6.07, 6.45) is -0.500. The van der Waals surface area contributed by atoms with Crippen molar-refractivity contribution in [2.45, 2.75) is 103 Å².